The van der Waals surface area contributed by atoms with Gasteiger partial charge in [0.2, 0.25) is 5.88 Å². The van der Waals surface area contributed by atoms with E-state index in [2.05, 4.69) is 20.2 Å². The molecule has 2 amide bonds. The van der Waals surface area contributed by atoms with E-state index in [9.17, 15) is 4.79 Å². The monoisotopic (exact) mass is 433 g/mol. The van der Waals surface area contributed by atoms with Crippen LogP contribution in [-0.2, 0) is 9.47 Å². The quantitative estimate of drug-likeness (QED) is 0.796. The molecule has 0 aromatic carbocycles. The first-order valence-electron chi connectivity index (χ1n) is 10.5. The number of nitrogens with one attached hydrogen (secondary N) is 1. The molecule has 10 heteroatoms. The molecule has 5 rings (SSSR count). The molecule has 162 valence electrons. The topological polar surface area (TPSA) is 89.1 Å². The van der Waals surface area contributed by atoms with Crippen LogP contribution in [0.5, 0.6) is 5.88 Å². The molecule has 1 N–H and O–H groups in total. The maximum absolute atomic E-state index is 12.9. The summed E-state index contributed by atoms with van der Waals surface area (Å²) in [6.07, 6.45) is 5.02. The second kappa shape index (κ2) is 8.16. The van der Waals surface area contributed by atoms with Crippen LogP contribution in [0.3, 0.4) is 0 Å². The van der Waals surface area contributed by atoms with E-state index < -0.39 is 0 Å². The number of aromatic nitrogens is 2. The first-order valence-corrected chi connectivity index (χ1v) is 11.3. The number of hydrogen-bond donors (Lipinski definition) is 1. The molecule has 30 heavy (non-hydrogen) atoms. The molecule has 2 aromatic rings. The molecule has 0 aliphatic carbocycles. The number of morpholine rings is 1. The van der Waals surface area contributed by atoms with Crippen LogP contribution in [0.1, 0.15) is 19.3 Å². The average molecular weight is 434 g/mol. The highest BCUT2D eigenvalue weighted by Gasteiger charge is 2.41. The molecule has 9 nitrogen and oxygen atoms in total. The molecule has 1 atom stereocenters. The van der Waals surface area contributed by atoms with E-state index in [1.54, 1.807) is 7.11 Å². The van der Waals surface area contributed by atoms with E-state index in [-0.39, 0.29) is 11.4 Å². The lowest BCUT2D eigenvalue weighted by Crippen LogP contribution is -2.38. The van der Waals surface area contributed by atoms with Crippen LogP contribution >= 0.6 is 11.3 Å². The van der Waals surface area contributed by atoms with Crippen LogP contribution in [0.2, 0.25) is 0 Å². The molecule has 3 aliphatic heterocycles. The van der Waals surface area contributed by atoms with Crippen LogP contribution in [0.25, 0.3) is 10.2 Å². The number of fused-ring (bicyclic) bond motifs is 1. The number of urea groups is 1. The zero-order valence-corrected chi connectivity index (χ0v) is 18.0. The summed E-state index contributed by atoms with van der Waals surface area (Å²) in [7, 11) is 1.59. The van der Waals surface area contributed by atoms with Gasteiger partial charge in [-0.25, -0.2) is 14.8 Å². The molecule has 3 aliphatic rings. The van der Waals surface area contributed by atoms with Gasteiger partial charge in [-0.3, -0.25) is 5.32 Å². The van der Waals surface area contributed by atoms with Crippen LogP contribution in [-0.4, -0.2) is 80.6 Å². The summed E-state index contributed by atoms with van der Waals surface area (Å²) in [5.74, 6) is 0.471. The van der Waals surface area contributed by atoms with Gasteiger partial charge < -0.3 is 24.0 Å². The van der Waals surface area contributed by atoms with Crippen molar-refractivity contribution < 1.29 is 19.0 Å². The van der Waals surface area contributed by atoms with E-state index >= 15 is 0 Å². The lowest BCUT2D eigenvalue weighted by Gasteiger charge is -2.32. The Bertz CT molecular complexity index is 923. The summed E-state index contributed by atoms with van der Waals surface area (Å²) in [5, 5.41) is 3.57. The molecule has 0 bridgehead atoms. The number of thiazole rings is 1. The Hall–Kier alpha value is -2.17. The van der Waals surface area contributed by atoms with Gasteiger partial charge in [-0.1, -0.05) is 11.3 Å². The molecule has 5 heterocycles. The van der Waals surface area contributed by atoms with Gasteiger partial charge in [-0.2, -0.15) is 0 Å². The zero-order valence-electron chi connectivity index (χ0n) is 17.2. The number of amides is 2. The maximum Gasteiger partial charge on any atom is 0.323 e. The van der Waals surface area contributed by atoms with Crippen molar-refractivity contribution in [2.24, 2.45) is 5.41 Å². The van der Waals surface area contributed by atoms with E-state index in [1.807, 2.05) is 11.1 Å². The smallest absolute Gasteiger partial charge is 0.323 e. The third-order valence-corrected chi connectivity index (χ3v) is 7.25. The normalized spacial score (nSPS) is 24.6. The predicted molar refractivity (Wildman–Crippen MR) is 115 cm³/mol. The van der Waals surface area contributed by atoms with Gasteiger partial charge in [0.05, 0.1) is 43.5 Å². The van der Waals surface area contributed by atoms with Crippen molar-refractivity contribution in [3.05, 3.63) is 6.20 Å². The molecule has 2 aromatic heterocycles. The van der Waals surface area contributed by atoms with E-state index in [0.717, 1.165) is 69.0 Å². The fourth-order valence-electron chi connectivity index (χ4n) is 4.62. The van der Waals surface area contributed by atoms with Crippen molar-refractivity contribution in [1.82, 2.24) is 14.9 Å². The molecule has 0 saturated carbocycles. The van der Waals surface area contributed by atoms with Crippen molar-refractivity contribution in [3.8, 4) is 5.88 Å². The van der Waals surface area contributed by atoms with Gasteiger partial charge in [-0.05, 0) is 19.3 Å². The Labute approximate surface area is 179 Å². The van der Waals surface area contributed by atoms with Gasteiger partial charge in [0, 0.05) is 38.2 Å². The van der Waals surface area contributed by atoms with Crippen LogP contribution in [0.4, 0.5) is 15.6 Å². The van der Waals surface area contributed by atoms with Crippen molar-refractivity contribution in [1.29, 1.82) is 0 Å². The molecular weight excluding hydrogens is 406 g/mol. The summed E-state index contributed by atoms with van der Waals surface area (Å²) >= 11 is 1.46. The number of methoxy groups -OCH3 is 1. The van der Waals surface area contributed by atoms with Gasteiger partial charge in [-0.15, -0.1) is 0 Å². The summed E-state index contributed by atoms with van der Waals surface area (Å²) < 4.78 is 17.5. The highest BCUT2D eigenvalue weighted by atomic mass is 32.1. The third-order valence-electron chi connectivity index (χ3n) is 6.26. The third kappa shape index (κ3) is 3.67. The molecule has 3 saturated heterocycles. The van der Waals surface area contributed by atoms with E-state index in [4.69, 9.17) is 14.2 Å². The second-order valence-corrected chi connectivity index (χ2v) is 9.21. The van der Waals surface area contributed by atoms with Crippen molar-refractivity contribution in [3.63, 3.8) is 0 Å². The number of hydrogen-bond acceptors (Lipinski definition) is 8. The minimum atomic E-state index is -0.101. The van der Waals surface area contributed by atoms with E-state index in [0.29, 0.717) is 29.7 Å². The van der Waals surface area contributed by atoms with E-state index in [1.165, 1.54) is 11.3 Å². The lowest BCUT2D eigenvalue weighted by molar-refractivity contribution is -0.000213. The van der Waals surface area contributed by atoms with Crippen LogP contribution in [0, 0.1) is 5.41 Å². The Morgan fingerprint density at radius 1 is 1.23 bits per heavy atom. The molecule has 3 fully saturated rings. The Kier molecular flexibility index (Phi) is 5.38. The highest BCUT2D eigenvalue weighted by molar-refractivity contribution is 7.23. The molecule has 0 unspecified atom stereocenters. The number of ether oxygens (including phenoxy) is 3. The van der Waals surface area contributed by atoms with Crippen molar-refractivity contribution in [2.75, 3.05) is 69.9 Å². The van der Waals surface area contributed by atoms with Crippen molar-refractivity contribution >= 4 is 38.4 Å². The Morgan fingerprint density at radius 2 is 2.10 bits per heavy atom. The van der Waals surface area contributed by atoms with Gasteiger partial charge >= 0.3 is 6.03 Å². The van der Waals surface area contributed by atoms with Crippen LogP contribution < -0.4 is 15.0 Å². The zero-order chi connectivity index (χ0) is 20.6. The van der Waals surface area contributed by atoms with Crippen molar-refractivity contribution in [2.45, 2.75) is 19.3 Å². The summed E-state index contributed by atoms with van der Waals surface area (Å²) in [6, 6.07) is -0.101. The maximum atomic E-state index is 12.9. The van der Waals surface area contributed by atoms with Gasteiger partial charge in [0.15, 0.2) is 5.13 Å². The molecule has 1 spiro atoms. The minimum Gasteiger partial charge on any atom is -0.479 e. The first-order chi connectivity index (χ1) is 14.7. The summed E-state index contributed by atoms with van der Waals surface area (Å²) in [5.41, 5.74) is 1.81. The Balaban J connectivity index is 1.36. The minimum absolute atomic E-state index is 0.101. The molecular formula is C20H27N5O4S. The summed E-state index contributed by atoms with van der Waals surface area (Å²) in [6.45, 7) is 6.08. The van der Waals surface area contributed by atoms with Crippen LogP contribution in [0.15, 0.2) is 6.20 Å². The number of likely N-dealkylation sites (tertiary alicyclic amines) is 1. The fourth-order valence-corrected chi connectivity index (χ4v) is 5.61. The fraction of sp³-hybridized carbons (Fsp3) is 0.650. The predicted octanol–water partition coefficient (Wildman–Crippen LogP) is 2.57. The number of nitrogens with zero attached hydrogens (tertiary/aromatic N) is 4. The number of anilines is 2. The number of pyridine rings is 1. The Morgan fingerprint density at radius 3 is 2.87 bits per heavy atom. The highest BCUT2D eigenvalue weighted by Crippen LogP contribution is 2.40. The largest absolute Gasteiger partial charge is 0.479 e. The molecule has 0 radical (unpaired) electrons. The number of rotatable bonds is 3. The number of carbonyl (C=O) groups excluding carboxylic acids is 1. The standard InChI is InChI=1S/C20H27N5O4S/c1-27-17-15-16(14(11-21-17)24-6-9-28-10-7-24)30-18(22-15)23-19(26)25-5-4-20(12-25)3-2-8-29-13-20/h11H,2-10,12-13H2,1H3,(H,22,23,26)/t20-/m0/s1. The van der Waals surface area contributed by atoms with Gasteiger partial charge in [0.25, 0.3) is 0 Å². The number of carbonyl (C=O) groups is 1. The first kappa shape index (κ1) is 19.8. The SMILES string of the molecule is COc1ncc(N2CCOCC2)c2sc(NC(=O)N3CC[C@@]4(CCCOC4)C3)nc12. The lowest BCUT2D eigenvalue weighted by atomic mass is 9.82. The average Bonchev–Trinajstić information content (AvgIpc) is 3.38. The van der Waals surface area contributed by atoms with Gasteiger partial charge in [0.1, 0.15) is 5.52 Å². The summed E-state index contributed by atoms with van der Waals surface area (Å²) in [4.78, 5) is 26.1. The second-order valence-electron chi connectivity index (χ2n) is 8.21.